The number of carbonyl (C=O) groups is 1. The maximum absolute atomic E-state index is 13.4. The van der Waals surface area contributed by atoms with E-state index in [0.29, 0.717) is 18.6 Å². The molecule has 156 valence electrons. The molecule has 0 saturated carbocycles. The van der Waals surface area contributed by atoms with Crippen molar-refractivity contribution in [2.24, 2.45) is 0 Å². The summed E-state index contributed by atoms with van der Waals surface area (Å²) >= 11 is 0. The molecule has 0 N–H and O–H groups in total. The Bertz CT molecular complexity index is 1030. The van der Waals surface area contributed by atoms with Crippen molar-refractivity contribution >= 4 is 16.9 Å². The quantitative estimate of drug-likeness (QED) is 0.648. The summed E-state index contributed by atoms with van der Waals surface area (Å²) < 4.78 is 2.07. The van der Waals surface area contributed by atoms with Crippen molar-refractivity contribution in [2.45, 2.75) is 57.8 Å². The van der Waals surface area contributed by atoms with Gasteiger partial charge in [0.05, 0.1) is 11.0 Å². The van der Waals surface area contributed by atoms with E-state index in [1.54, 1.807) is 0 Å². The fourth-order valence-corrected chi connectivity index (χ4v) is 5.43. The lowest BCUT2D eigenvalue weighted by Crippen LogP contribution is -2.48. The fourth-order valence-electron chi connectivity index (χ4n) is 5.43. The minimum atomic E-state index is 0.232. The lowest BCUT2D eigenvalue weighted by atomic mass is 10.0. The van der Waals surface area contributed by atoms with Crippen LogP contribution in [0.3, 0.4) is 0 Å². The molecule has 30 heavy (non-hydrogen) atoms. The number of carbonyl (C=O) groups excluding carboxylic acids is 1. The number of rotatable bonds is 5. The standard InChI is InChI=1S/C25H30N4O/c1-19-26-21-11-5-6-12-22(21)29(19)18-25(30)28-16-8-14-24(28)23-13-7-15-27(23)17-20-9-3-2-4-10-20/h2-6,9-12,23-24H,7-8,13-18H2,1H3/t23-,24-/m1/s1. The third-order valence-corrected chi connectivity index (χ3v) is 6.85. The van der Waals surface area contributed by atoms with Gasteiger partial charge in [-0.15, -0.1) is 0 Å². The molecule has 5 heteroatoms. The number of benzene rings is 2. The molecular weight excluding hydrogens is 372 g/mol. The number of aryl methyl sites for hydroxylation is 1. The summed E-state index contributed by atoms with van der Waals surface area (Å²) in [5.74, 6) is 1.14. The average Bonchev–Trinajstić information content (AvgIpc) is 3.48. The number of nitrogens with zero attached hydrogens (tertiary/aromatic N) is 4. The smallest absolute Gasteiger partial charge is 0.242 e. The van der Waals surface area contributed by atoms with Crippen LogP contribution in [0.4, 0.5) is 0 Å². The van der Waals surface area contributed by atoms with E-state index >= 15 is 0 Å². The van der Waals surface area contributed by atoms with Crippen molar-refractivity contribution in [3.05, 3.63) is 66.0 Å². The highest BCUT2D eigenvalue weighted by Crippen LogP contribution is 2.31. The van der Waals surface area contributed by atoms with Gasteiger partial charge in [0.2, 0.25) is 5.91 Å². The fraction of sp³-hybridized carbons (Fsp3) is 0.440. The number of likely N-dealkylation sites (tertiary alicyclic amines) is 2. The van der Waals surface area contributed by atoms with Crippen LogP contribution in [0.2, 0.25) is 0 Å². The molecule has 3 heterocycles. The van der Waals surface area contributed by atoms with E-state index in [2.05, 4.69) is 55.7 Å². The van der Waals surface area contributed by atoms with E-state index in [1.165, 1.54) is 18.4 Å². The van der Waals surface area contributed by atoms with Gasteiger partial charge in [-0.1, -0.05) is 42.5 Å². The van der Waals surface area contributed by atoms with Crippen LogP contribution in [-0.4, -0.2) is 50.4 Å². The van der Waals surface area contributed by atoms with Crippen LogP contribution in [0.25, 0.3) is 11.0 Å². The molecule has 2 saturated heterocycles. The Kier molecular flexibility index (Phi) is 5.30. The van der Waals surface area contributed by atoms with Crippen LogP contribution in [0.15, 0.2) is 54.6 Å². The van der Waals surface area contributed by atoms with Gasteiger partial charge in [-0.3, -0.25) is 9.69 Å². The monoisotopic (exact) mass is 402 g/mol. The zero-order chi connectivity index (χ0) is 20.5. The minimum absolute atomic E-state index is 0.232. The number of para-hydroxylation sites is 2. The van der Waals surface area contributed by atoms with E-state index in [0.717, 1.165) is 49.3 Å². The van der Waals surface area contributed by atoms with Gasteiger partial charge in [0.15, 0.2) is 0 Å². The molecule has 0 aliphatic carbocycles. The summed E-state index contributed by atoms with van der Waals surface area (Å²) in [7, 11) is 0. The Morgan fingerprint density at radius 3 is 2.57 bits per heavy atom. The number of amides is 1. The maximum atomic E-state index is 13.4. The Balaban J connectivity index is 1.33. The number of aromatic nitrogens is 2. The molecule has 0 radical (unpaired) electrons. The van der Waals surface area contributed by atoms with Crippen molar-refractivity contribution in [3.63, 3.8) is 0 Å². The predicted octanol–water partition coefficient (Wildman–Crippen LogP) is 4.00. The minimum Gasteiger partial charge on any atom is -0.337 e. The molecule has 3 aromatic rings. The number of hydrogen-bond acceptors (Lipinski definition) is 3. The van der Waals surface area contributed by atoms with E-state index in [4.69, 9.17) is 0 Å². The molecule has 5 rings (SSSR count). The van der Waals surface area contributed by atoms with Crippen molar-refractivity contribution in [1.29, 1.82) is 0 Å². The molecule has 2 aliphatic rings. The van der Waals surface area contributed by atoms with E-state index < -0.39 is 0 Å². The summed E-state index contributed by atoms with van der Waals surface area (Å²) in [6, 6.07) is 19.6. The van der Waals surface area contributed by atoms with Crippen LogP contribution in [0, 0.1) is 6.92 Å². The van der Waals surface area contributed by atoms with Gasteiger partial charge < -0.3 is 9.47 Å². The SMILES string of the molecule is Cc1nc2ccccc2n1CC(=O)N1CCC[C@@H]1[C@H]1CCCN1Cc1ccccc1. The van der Waals surface area contributed by atoms with Gasteiger partial charge in [-0.25, -0.2) is 4.98 Å². The molecule has 0 spiro atoms. The largest absolute Gasteiger partial charge is 0.337 e. The predicted molar refractivity (Wildman–Crippen MR) is 119 cm³/mol. The molecule has 2 aromatic carbocycles. The van der Waals surface area contributed by atoms with Crippen LogP contribution >= 0.6 is 0 Å². The second-order valence-corrected chi connectivity index (χ2v) is 8.70. The Labute approximate surface area is 178 Å². The summed E-state index contributed by atoms with van der Waals surface area (Å²) in [6.07, 6.45) is 4.64. The second-order valence-electron chi connectivity index (χ2n) is 8.70. The third-order valence-electron chi connectivity index (χ3n) is 6.85. The molecule has 2 aliphatic heterocycles. The molecule has 0 unspecified atom stereocenters. The highest BCUT2D eigenvalue weighted by Gasteiger charge is 2.39. The average molecular weight is 403 g/mol. The van der Waals surface area contributed by atoms with Gasteiger partial charge in [0.25, 0.3) is 0 Å². The van der Waals surface area contributed by atoms with Gasteiger partial charge in [0.1, 0.15) is 12.4 Å². The number of fused-ring (bicyclic) bond motifs is 1. The first-order valence-corrected chi connectivity index (χ1v) is 11.2. The first kappa shape index (κ1) is 19.3. The summed E-state index contributed by atoms with van der Waals surface area (Å²) in [5, 5.41) is 0. The zero-order valence-electron chi connectivity index (χ0n) is 17.7. The lowest BCUT2D eigenvalue weighted by Gasteiger charge is -2.35. The molecule has 1 aromatic heterocycles. The maximum Gasteiger partial charge on any atom is 0.242 e. The highest BCUT2D eigenvalue weighted by atomic mass is 16.2. The second kappa shape index (κ2) is 8.23. The first-order chi connectivity index (χ1) is 14.7. The molecular formula is C25H30N4O. The molecule has 0 bridgehead atoms. The van der Waals surface area contributed by atoms with Crippen LogP contribution in [0.5, 0.6) is 0 Å². The van der Waals surface area contributed by atoms with Crippen molar-refractivity contribution < 1.29 is 4.79 Å². The van der Waals surface area contributed by atoms with Crippen LogP contribution in [0.1, 0.15) is 37.1 Å². The highest BCUT2D eigenvalue weighted by molar-refractivity contribution is 5.81. The molecule has 5 nitrogen and oxygen atoms in total. The topological polar surface area (TPSA) is 41.4 Å². The first-order valence-electron chi connectivity index (χ1n) is 11.2. The Morgan fingerprint density at radius 2 is 1.70 bits per heavy atom. The lowest BCUT2D eigenvalue weighted by molar-refractivity contribution is -0.133. The van der Waals surface area contributed by atoms with Crippen LogP contribution < -0.4 is 0 Å². The normalized spacial score (nSPS) is 22.2. The summed E-state index contributed by atoms with van der Waals surface area (Å²) in [6.45, 7) is 5.37. The summed E-state index contributed by atoms with van der Waals surface area (Å²) in [5.41, 5.74) is 3.37. The number of hydrogen-bond donors (Lipinski definition) is 0. The van der Waals surface area contributed by atoms with E-state index in [-0.39, 0.29) is 5.91 Å². The van der Waals surface area contributed by atoms with Crippen LogP contribution in [-0.2, 0) is 17.9 Å². The van der Waals surface area contributed by atoms with Gasteiger partial charge in [0, 0.05) is 25.2 Å². The zero-order valence-corrected chi connectivity index (χ0v) is 17.7. The molecule has 2 atom stereocenters. The van der Waals surface area contributed by atoms with Crippen molar-refractivity contribution in [1.82, 2.24) is 19.4 Å². The molecule has 2 fully saturated rings. The Morgan fingerprint density at radius 1 is 0.967 bits per heavy atom. The molecule has 1 amide bonds. The third kappa shape index (κ3) is 3.63. The van der Waals surface area contributed by atoms with Gasteiger partial charge >= 0.3 is 0 Å². The number of imidazole rings is 1. The van der Waals surface area contributed by atoms with Crippen molar-refractivity contribution in [2.75, 3.05) is 13.1 Å². The summed E-state index contributed by atoms with van der Waals surface area (Å²) in [4.78, 5) is 22.8. The van der Waals surface area contributed by atoms with Crippen molar-refractivity contribution in [3.8, 4) is 0 Å². The van der Waals surface area contributed by atoms with E-state index in [1.807, 2.05) is 25.1 Å². The van der Waals surface area contributed by atoms with E-state index in [9.17, 15) is 4.79 Å². The van der Waals surface area contributed by atoms with Gasteiger partial charge in [-0.2, -0.15) is 0 Å². The Hall–Kier alpha value is -2.66. The van der Waals surface area contributed by atoms with Gasteiger partial charge in [-0.05, 0) is 56.8 Å².